The molecular formula is C13H17BrFNO. The zero-order valence-electron chi connectivity index (χ0n) is 9.88. The minimum Gasteiger partial charge on any atom is -0.381 e. The maximum absolute atomic E-state index is 13.4. The highest BCUT2D eigenvalue weighted by Gasteiger charge is 2.27. The molecule has 1 N–H and O–H groups in total. The van der Waals surface area contributed by atoms with E-state index >= 15 is 0 Å². The van der Waals surface area contributed by atoms with Gasteiger partial charge in [-0.1, -0.05) is 22.9 Å². The molecule has 0 aliphatic carbocycles. The molecule has 17 heavy (non-hydrogen) atoms. The molecule has 2 nitrogen and oxygen atoms in total. The summed E-state index contributed by atoms with van der Waals surface area (Å²) in [7, 11) is 0. The summed E-state index contributed by atoms with van der Waals surface area (Å²) in [5.74, 6) is 0.234. The van der Waals surface area contributed by atoms with E-state index in [4.69, 9.17) is 4.74 Å². The number of nitrogens with one attached hydrogen (secondary N) is 1. The molecule has 4 heteroatoms. The van der Waals surface area contributed by atoms with Crippen molar-refractivity contribution in [1.82, 2.24) is 5.32 Å². The zero-order valence-corrected chi connectivity index (χ0v) is 11.5. The van der Waals surface area contributed by atoms with Gasteiger partial charge >= 0.3 is 0 Å². The van der Waals surface area contributed by atoms with Crippen LogP contribution < -0.4 is 5.32 Å². The Hall–Kier alpha value is -0.450. The molecule has 1 fully saturated rings. The third-order valence-corrected chi connectivity index (χ3v) is 3.88. The molecule has 1 aliphatic rings. The van der Waals surface area contributed by atoms with E-state index < -0.39 is 0 Å². The van der Waals surface area contributed by atoms with Crippen LogP contribution in [0.3, 0.4) is 0 Å². The van der Waals surface area contributed by atoms with E-state index in [2.05, 4.69) is 28.2 Å². The van der Waals surface area contributed by atoms with Gasteiger partial charge in [-0.05, 0) is 36.7 Å². The van der Waals surface area contributed by atoms with Crippen LogP contribution in [0.4, 0.5) is 4.39 Å². The van der Waals surface area contributed by atoms with Crippen molar-refractivity contribution < 1.29 is 9.13 Å². The molecule has 2 unspecified atom stereocenters. The highest BCUT2D eigenvalue weighted by Crippen LogP contribution is 2.33. The first-order chi connectivity index (χ1) is 8.22. The van der Waals surface area contributed by atoms with Gasteiger partial charge in [0.1, 0.15) is 5.82 Å². The summed E-state index contributed by atoms with van der Waals surface area (Å²) in [6.45, 7) is 4.49. The van der Waals surface area contributed by atoms with Gasteiger partial charge in [0.2, 0.25) is 0 Å². The molecule has 2 rings (SSSR count). The fourth-order valence-corrected chi connectivity index (χ4v) is 2.81. The van der Waals surface area contributed by atoms with Gasteiger partial charge in [-0.25, -0.2) is 4.39 Å². The summed E-state index contributed by atoms with van der Waals surface area (Å²) in [6, 6.07) is 5.01. The summed E-state index contributed by atoms with van der Waals surface area (Å²) in [5, 5.41) is 3.43. The summed E-state index contributed by atoms with van der Waals surface area (Å²) in [4.78, 5) is 0. The maximum atomic E-state index is 13.4. The first kappa shape index (κ1) is 13.0. The van der Waals surface area contributed by atoms with Crippen LogP contribution in [0, 0.1) is 11.7 Å². The van der Waals surface area contributed by atoms with Gasteiger partial charge in [-0.15, -0.1) is 0 Å². The van der Waals surface area contributed by atoms with Gasteiger partial charge in [0, 0.05) is 23.0 Å². The topological polar surface area (TPSA) is 21.3 Å². The van der Waals surface area contributed by atoms with Gasteiger partial charge in [0.15, 0.2) is 0 Å². The van der Waals surface area contributed by atoms with Crippen molar-refractivity contribution in [3.05, 3.63) is 34.1 Å². The summed E-state index contributed by atoms with van der Waals surface area (Å²) in [5.41, 5.74) is 0.988. The molecule has 0 bridgehead atoms. The van der Waals surface area contributed by atoms with Gasteiger partial charge in [0.05, 0.1) is 6.61 Å². The lowest BCUT2D eigenvalue weighted by Crippen LogP contribution is -2.29. The van der Waals surface area contributed by atoms with Crippen molar-refractivity contribution in [2.75, 3.05) is 19.8 Å². The van der Waals surface area contributed by atoms with Crippen LogP contribution in [0.25, 0.3) is 0 Å². The van der Waals surface area contributed by atoms with Crippen molar-refractivity contribution in [3.8, 4) is 0 Å². The molecule has 1 heterocycles. The summed E-state index contributed by atoms with van der Waals surface area (Å²) < 4.78 is 19.7. The Labute approximate surface area is 110 Å². The third-order valence-electron chi connectivity index (χ3n) is 3.15. The molecule has 0 radical (unpaired) electrons. The fraction of sp³-hybridized carbons (Fsp3) is 0.538. The van der Waals surface area contributed by atoms with E-state index in [0.717, 1.165) is 36.2 Å². The predicted octanol–water partition coefficient (Wildman–Crippen LogP) is 3.28. The number of rotatable bonds is 4. The molecule has 1 aliphatic heterocycles. The van der Waals surface area contributed by atoms with E-state index in [9.17, 15) is 4.39 Å². The Bertz CT molecular complexity index is 380. The van der Waals surface area contributed by atoms with Crippen molar-refractivity contribution in [1.29, 1.82) is 0 Å². The van der Waals surface area contributed by atoms with Gasteiger partial charge in [-0.3, -0.25) is 0 Å². The Kier molecular flexibility index (Phi) is 4.54. The smallest absolute Gasteiger partial charge is 0.123 e. The molecule has 0 saturated carbocycles. The lowest BCUT2D eigenvalue weighted by atomic mass is 9.92. The van der Waals surface area contributed by atoms with E-state index in [-0.39, 0.29) is 11.9 Å². The number of hydrogen-bond acceptors (Lipinski definition) is 2. The largest absolute Gasteiger partial charge is 0.381 e. The Balaban J connectivity index is 2.27. The average molecular weight is 302 g/mol. The molecular weight excluding hydrogens is 285 g/mol. The molecule has 0 aromatic heterocycles. The third kappa shape index (κ3) is 3.06. The lowest BCUT2D eigenvalue weighted by Gasteiger charge is -2.24. The van der Waals surface area contributed by atoms with E-state index in [1.54, 1.807) is 12.1 Å². The maximum Gasteiger partial charge on any atom is 0.123 e. The second kappa shape index (κ2) is 5.94. The number of halogens is 2. The van der Waals surface area contributed by atoms with Crippen LogP contribution in [0.2, 0.25) is 0 Å². The molecule has 2 atom stereocenters. The van der Waals surface area contributed by atoms with E-state index in [0.29, 0.717) is 5.92 Å². The second-order valence-corrected chi connectivity index (χ2v) is 5.18. The van der Waals surface area contributed by atoms with Crippen LogP contribution in [-0.2, 0) is 4.74 Å². The Morgan fingerprint density at radius 3 is 3.06 bits per heavy atom. The first-order valence-electron chi connectivity index (χ1n) is 5.98. The normalized spacial score (nSPS) is 21.7. The number of benzene rings is 1. The first-order valence-corrected chi connectivity index (χ1v) is 6.77. The Morgan fingerprint density at radius 1 is 1.59 bits per heavy atom. The molecule has 1 saturated heterocycles. The van der Waals surface area contributed by atoms with Crippen molar-refractivity contribution >= 4 is 15.9 Å². The van der Waals surface area contributed by atoms with E-state index in [1.807, 2.05) is 0 Å². The molecule has 1 aromatic rings. The minimum atomic E-state index is -0.190. The second-order valence-electron chi connectivity index (χ2n) is 4.32. The molecule has 94 valence electrons. The van der Waals surface area contributed by atoms with Gasteiger partial charge in [-0.2, -0.15) is 0 Å². The molecule has 0 amide bonds. The fourth-order valence-electron chi connectivity index (χ4n) is 2.32. The molecule has 1 aromatic carbocycles. The van der Waals surface area contributed by atoms with Crippen LogP contribution >= 0.6 is 15.9 Å². The summed E-state index contributed by atoms with van der Waals surface area (Å²) in [6.07, 6.45) is 1.03. The summed E-state index contributed by atoms with van der Waals surface area (Å²) >= 11 is 3.50. The quantitative estimate of drug-likeness (QED) is 0.921. The standard InChI is InChI=1S/C13H17BrFNO/c1-2-16-13(9-5-6-17-8-9)11-7-10(15)3-4-12(11)14/h3-4,7,9,13,16H,2,5-6,8H2,1H3. The predicted molar refractivity (Wildman–Crippen MR) is 69.4 cm³/mol. The van der Waals surface area contributed by atoms with Crippen molar-refractivity contribution in [2.45, 2.75) is 19.4 Å². The van der Waals surface area contributed by atoms with Crippen molar-refractivity contribution in [2.24, 2.45) is 5.92 Å². The number of hydrogen-bond donors (Lipinski definition) is 1. The SMILES string of the molecule is CCNC(c1cc(F)ccc1Br)C1CCOC1. The van der Waals surface area contributed by atoms with Crippen LogP contribution in [0.15, 0.2) is 22.7 Å². The molecule has 0 spiro atoms. The average Bonchev–Trinajstić information content (AvgIpc) is 2.83. The highest BCUT2D eigenvalue weighted by atomic mass is 79.9. The lowest BCUT2D eigenvalue weighted by molar-refractivity contribution is 0.177. The zero-order chi connectivity index (χ0) is 12.3. The van der Waals surface area contributed by atoms with Crippen LogP contribution in [-0.4, -0.2) is 19.8 Å². The minimum absolute atomic E-state index is 0.160. The monoisotopic (exact) mass is 301 g/mol. The number of ether oxygens (including phenoxy) is 1. The van der Waals surface area contributed by atoms with Crippen LogP contribution in [0.5, 0.6) is 0 Å². The van der Waals surface area contributed by atoms with E-state index in [1.165, 1.54) is 6.07 Å². The highest BCUT2D eigenvalue weighted by molar-refractivity contribution is 9.10. The van der Waals surface area contributed by atoms with Crippen LogP contribution in [0.1, 0.15) is 24.9 Å². The Morgan fingerprint density at radius 2 is 2.41 bits per heavy atom. The van der Waals surface area contributed by atoms with Gasteiger partial charge in [0.25, 0.3) is 0 Å². The van der Waals surface area contributed by atoms with Gasteiger partial charge < -0.3 is 10.1 Å². The van der Waals surface area contributed by atoms with Crippen molar-refractivity contribution in [3.63, 3.8) is 0 Å².